The smallest absolute Gasteiger partial charge is 0.269 e. The van der Waals surface area contributed by atoms with Gasteiger partial charge in [0, 0.05) is 42.3 Å². The predicted octanol–water partition coefficient (Wildman–Crippen LogP) is 3.90. The highest BCUT2D eigenvalue weighted by atomic mass is 79.9. The van der Waals surface area contributed by atoms with Gasteiger partial charge in [0.15, 0.2) is 0 Å². The summed E-state index contributed by atoms with van der Waals surface area (Å²) in [6, 6.07) is 14.2. The van der Waals surface area contributed by atoms with E-state index in [4.69, 9.17) is 0 Å². The summed E-state index contributed by atoms with van der Waals surface area (Å²) in [6.07, 6.45) is 0.973. The molecule has 0 aliphatic carbocycles. The van der Waals surface area contributed by atoms with Crippen LogP contribution < -0.4 is 0 Å². The molecule has 0 unspecified atom stereocenters. The van der Waals surface area contributed by atoms with Crippen LogP contribution in [0.1, 0.15) is 36.9 Å². The van der Waals surface area contributed by atoms with Gasteiger partial charge in [0.05, 0.1) is 17.1 Å². The topological polar surface area (TPSA) is 86.9 Å². The molecular formula is C23H26BrN3O4. The molecule has 0 radical (unpaired) electrons. The Hall–Kier alpha value is -2.29. The third-order valence-corrected chi connectivity index (χ3v) is 6.82. The van der Waals surface area contributed by atoms with Gasteiger partial charge in [-0.3, -0.25) is 19.8 Å². The van der Waals surface area contributed by atoms with Crippen molar-refractivity contribution in [1.29, 1.82) is 0 Å². The number of nitrogens with zero attached hydrogens (tertiary/aromatic N) is 3. The van der Waals surface area contributed by atoms with Crippen LogP contribution in [0.5, 0.6) is 0 Å². The molecule has 8 heteroatoms. The van der Waals surface area contributed by atoms with Crippen LogP contribution in [0.4, 0.5) is 5.69 Å². The third kappa shape index (κ3) is 4.66. The monoisotopic (exact) mass is 487 g/mol. The number of carbonyl (C=O) groups excluding carboxylic acids is 1. The fraction of sp³-hybridized carbons (Fsp3) is 0.435. The fourth-order valence-corrected chi connectivity index (χ4v) is 5.39. The van der Waals surface area contributed by atoms with Gasteiger partial charge in [-0.05, 0) is 42.0 Å². The first kappa shape index (κ1) is 21.9. The van der Waals surface area contributed by atoms with Crippen LogP contribution in [0.2, 0.25) is 0 Å². The zero-order valence-corrected chi connectivity index (χ0v) is 18.9. The second-order valence-electron chi connectivity index (χ2n) is 8.57. The van der Waals surface area contributed by atoms with E-state index in [0.717, 1.165) is 22.9 Å². The van der Waals surface area contributed by atoms with E-state index in [-0.39, 0.29) is 36.8 Å². The number of non-ortho nitro benzene ring substituents is 1. The summed E-state index contributed by atoms with van der Waals surface area (Å²) < 4.78 is 0.994. The number of benzene rings is 2. The van der Waals surface area contributed by atoms with Crippen molar-refractivity contribution < 1.29 is 14.8 Å². The largest absolute Gasteiger partial charge is 0.390 e. The summed E-state index contributed by atoms with van der Waals surface area (Å²) in [4.78, 5) is 28.0. The number of amides is 1. The van der Waals surface area contributed by atoms with E-state index in [2.05, 4.69) is 39.9 Å². The molecule has 2 saturated heterocycles. The second-order valence-corrected chi connectivity index (χ2v) is 9.48. The highest BCUT2D eigenvalue weighted by Gasteiger charge is 2.44. The first-order valence-electron chi connectivity index (χ1n) is 10.5. The fourth-order valence-electron chi connectivity index (χ4n) is 4.97. The lowest BCUT2D eigenvalue weighted by Gasteiger charge is -2.44. The van der Waals surface area contributed by atoms with Crippen molar-refractivity contribution >= 4 is 27.5 Å². The molecule has 7 nitrogen and oxygen atoms in total. The van der Waals surface area contributed by atoms with Crippen molar-refractivity contribution in [2.75, 3.05) is 13.1 Å². The molecule has 2 heterocycles. The zero-order chi connectivity index (χ0) is 22.1. The van der Waals surface area contributed by atoms with Crippen LogP contribution >= 0.6 is 15.9 Å². The van der Waals surface area contributed by atoms with Gasteiger partial charge in [0.2, 0.25) is 5.91 Å². The average molecular weight is 488 g/mol. The van der Waals surface area contributed by atoms with Gasteiger partial charge in [-0.2, -0.15) is 0 Å². The van der Waals surface area contributed by atoms with Crippen LogP contribution in [-0.2, 0) is 11.3 Å². The lowest BCUT2D eigenvalue weighted by atomic mass is 9.82. The minimum absolute atomic E-state index is 0.00292. The Morgan fingerprint density at radius 3 is 2.68 bits per heavy atom. The Labute approximate surface area is 189 Å². The number of nitro groups is 1. The van der Waals surface area contributed by atoms with Gasteiger partial charge < -0.3 is 10.0 Å². The highest BCUT2D eigenvalue weighted by Crippen LogP contribution is 2.41. The van der Waals surface area contributed by atoms with Gasteiger partial charge >= 0.3 is 0 Å². The minimum atomic E-state index is -0.687. The summed E-state index contributed by atoms with van der Waals surface area (Å²) >= 11 is 3.55. The molecule has 0 spiro atoms. The highest BCUT2D eigenvalue weighted by molar-refractivity contribution is 9.10. The van der Waals surface area contributed by atoms with Crippen LogP contribution in [-0.4, -0.2) is 51.0 Å². The molecule has 4 atom stereocenters. The van der Waals surface area contributed by atoms with Crippen molar-refractivity contribution in [3.63, 3.8) is 0 Å². The number of fused-ring (bicyclic) bond motifs is 1. The molecule has 4 rings (SSSR count). The summed E-state index contributed by atoms with van der Waals surface area (Å²) in [5.74, 6) is 0.337. The van der Waals surface area contributed by atoms with E-state index in [0.29, 0.717) is 18.0 Å². The maximum absolute atomic E-state index is 13.5. The van der Waals surface area contributed by atoms with Crippen molar-refractivity contribution in [2.24, 2.45) is 5.92 Å². The number of halogens is 1. The number of nitro benzene ring substituents is 1. The Balaban J connectivity index is 1.61. The van der Waals surface area contributed by atoms with Crippen molar-refractivity contribution in [2.45, 2.75) is 44.5 Å². The lowest BCUT2D eigenvalue weighted by molar-refractivity contribution is -0.384. The van der Waals surface area contributed by atoms with E-state index in [1.165, 1.54) is 12.1 Å². The maximum Gasteiger partial charge on any atom is 0.269 e. The Morgan fingerprint density at radius 2 is 1.94 bits per heavy atom. The summed E-state index contributed by atoms with van der Waals surface area (Å²) in [5, 5.41) is 21.9. The molecule has 2 aliphatic heterocycles. The number of hydrogen-bond acceptors (Lipinski definition) is 5. The van der Waals surface area contributed by atoms with Gasteiger partial charge in [0.1, 0.15) is 0 Å². The predicted molar refractivity (Wildman–Crippen MR) is 120 cm³/mol. The van der Waals surface area contributed by atoms with Crippen LogP contribution in [0.15, 0.2) is 53.0 Å². The van der Waals surface area contributed by atoms with Crippen LogP contribution in [0.3, 0.4) is 0 Å². The minimum Gasteiger partial charge on any atom is -0.390 e. The maximum atomic E-state index is 13.5. The molecule has 2 aliphatic rings. The van der Waals surface area contributed by atoms with E-state index in [1.54, 1.807) is 17.0 Å². The molecule has 31 heavy (non-hydrogen) atoms. The Kier molecular flexibility index (Phi) is 6.41. The number of aliphatic hydroxyl groups is 1. The summed E-state index contributed by atoms with van der Waals surface area (Å²) in [7, 11) is 0. The first-order chi connectivity index (χ1) is 14.8. The standard InChI is InChI=1S/C23H26BrN3O4/c1-15-8-9-21-23(29)25(12-16-4-2-7-19(10-16)27(30)31)13-20(28)14-26(21)22(15)17-5-3-6-18(24)11-17/h2-7,10-11,15,20-22,28H,8-9,12-14H2,1H3/t15-,20-,21-,22+/m0/s1. The number of rotatable bonds is 4. The number of β-amino-alcohol motifs (C(OH)–C–C–N with tert-alkyl or cyclic N) is 1. The molecule has 0 saturated carbocycles. The molecule has 2 aromatic carbocycles. The van der Waals surface area contributed by atoms with Crippen molar-refractivity contribution in [3.8, 4) is 0 Å². The quantitative estimate of drug-likeness (QED) is 0.521. The molecule has 164 valence electrons. The third-order valence-electron chi connectivity index (χ3n) is 6.33. The van der Waals surface area contributed by atoms with Crippen LogP contribution in [0, 0.1) is 16.0 Å². The van der Waals surface area contributed by atoms with Crippen molar-refractivity contribution in [3.05, 3.63) is 74.2 Å². The van der Waals surface area contributed by atoms with Gasteiger partial charge in [-0.15, -0.1) is 0 Å². The average Bonchev–Trinajstić information content (AvgIpc) is 2.84. The molecule has 1 N–H and O–H groups in total. The number of hydrogen-bond donors (Lipinski definition) is 1. The van der Waals surface area contributed by atoms with Crippen LogP contribution in [0.25, 0.3) is 0 Å². The molecular weight excluding hydrogens is 462 g/mol. The molecule has 2 aromatic rings. The summed E-state index contributed by atoms with van der Waals surface area (Å²) in [5.41, 5.74) is 1.83. The molecule has 0 aromatic heterocycles. The Morgan fingerprint density at radius 1 is 1.16 bits per heavy atom. The van der Waals surface area contributed by atoms with Gasteiger partial charge in [0.25, 0.3) is 5.69 Å². The number of carbonyl (C=O) groups is 1. The molecule has 1 amide bonds. The number of aliphatic hydroxyl groups excluding tert-OH is 1. The van der Waals surface area contributed by atoms with Crippen molar-refractivity contribution in [1.82, 2.24) is 9.80 Å². The van der Waals surface area contributed by atoms with E-state index < -0.39 is 11.0 Å². The SMILES string of the molecule is C[C@H]1CC[C@H]2C(=O)N(Cc3cccc([N+](=O)[O-])c3)C[C@H](O)CN2[C@H]1c1cccc(Br)c1. The second kappa shape index (κ2) is 9.06. The zero-order valence-electron chi connectivity index (χ0n) is 17.4. The molecule has 0 bridgehead atoms. The van der Waals surface area contributed by atoms with E-state index in [1.807, 2.05) is 12.1 Å². The van der Waals surface area contributed by atoms with E-state index >= 15 is 0 Å². The summed E-state index contributed by atoms with van der Waals surface area (Å²) in [6.45, 7) is 3.08. The normalized spacial score (nSPS) is 26.9. The van der Waals surface area contributed by atoms with E-state index in [9.17, 15) is 20.0 Å². The first-order valence-corrected chi connectivity index (χ1v) is 11.3. The molecule has 2 fully saturated rings. The Bertz CT molecular complexity index is 985. The number of piperidine rings is 1. The lowest BCUT2D eigenvalue weighted by Crippen LogP contribution is -2.51. The van der Waals surface area contributed by atoms with Gasteiger partial charge in [-0.1, -0.05) is 47.1 Å². The van der Waals surface area contributed by atoms with Gasteiger partial charge in [-0.25, -0.2) is 0 Å².